The Morgan fingerprint density at radius 2 is 2.05 bits per heavy atom. The highest BCUT2D eigenvalue weighted by atomic mass is 35.5. The lowest BCUT2D eigenvalue weighted by Crippen LogP contribution is -2.55. The van der Waals surface area contributed by atoms with E-state index in [0.29, 0.717) is 0 Å². The number of allylic oxidation sites excluding steroid dienone is 1. The fourth-order valence-electron chi connectivity index (χ4n) is 2.74. The molecular weight excluding hydrogens is 329 g/mol. The van der Waals surface area contributed by atoms with Crippen molar-refractivity contribution in [3.05, 3.63) is 41.7 Å². The zero-order valence-electron chi connectivity index (χ0n) is 11.5. The van der Waals surface area contributed by atoms with E-state index in [9.17, 15) is 4.79 Å². The van der Waals surface area contributed by atoms with Crippen molar-refractivity contribution in [3.8, 4) is 0 Å². The van der Waals surface area contributed by atoms with E-state index in [1.54, 1.807) is 11.8 Å². The summed E-state index contributed by atoms with van der Waals surface area (Å²) in [4.78, 5) is 14.1. The average Bonchev–Trinajstić information content (AvgIpc) is 2.49. The molecule has 0 saturated carbocycles. The van der Waals surface area contributed by atoms with Crippen molar-refractivity contribution in [2.45, 2.75) is 16.8 Å². The zero-order chi connectivity index (χ0) is 15.0. The average molecular weight is 344 g/mol. The molecule has 2 aliphatic rings. The van der Waals surface area contributed by atoms with Gasteiger partial charge in [0, 0.05) is 36.2 Å². The van der Waals surface area contributed by atoms with Crippen LogP contribution in [0.15, 0.2) is 41.7 Å². The first-order chi connectivity index (χ1) is 10.0. The van der Waals surface area contributed by atoms with Crippen molar-refractivity contribution in [2.24, 2.45) is 0 Å². The standard InChI is InChI=1S/C15H15Cl2NO2S/c1-18(10-5-3-2-4-6-10)13-11-9-21-8-7-12(11)20-14(19)15(13,16)17/h2-6,13H,7-9H2,1H3. The number of halogens is 2. The topological polar surface area (TPSA) is 29.5 Å². The maximum atomic E-state index is 12.2. The van der Waals surface area contributed by atoms with Crippen LogP contribution in [0.25, 0.3) is 0 Å². The lowest BCUT2D eigenvalue weighted by atomic mass is 9.97. The molecule has 112 valence electrons. The second-order valence-corrected chi connectivity index (χ2v) is 7.60. The van der Waals surface area contributed by atoms with Gasteiger partial charge in [-0.25, -0.2) is 4.79 Å². The van der Waals surface area contributed by atoms with Crippen LogP contribution in [0.3, 0.4) is 0 Å². The molecule has 1 aromatic carbocycles. The third kappa shape index (κ3) is 2.65. The minimum absolute atomic E-state index is 0.410. The molecular formula is C15H15Cl2NO2S. The number of benzene rings is 1. The highest BCUT2D eigenvalue weighted by molar-refractivity contribution is 7.99. The molecule has 0 aliphatic carbocycles. The summed E-state index contributed by atoms with van der Waals surface area (Å²) in [6, 6.07) is 9.37. The number of para-hydroxylation sites is 1. The first kappa shape index (κ1) is 15.1. The monoisotopic (exact) mass is 343 g/mol. The van der Waals surface area contributed by atoms with Crippen molar-refractivity contribution in [1.29, 1.82) is 0 Å². The number of carbonyl (C=O) groups excluding carboxylic acids is 1. The van der Waals surface area contributed by atoms with Crippen molar-refractivity contribution in [2.75, 3.05) is 23.5 Å². The van der Waals surface area contributed by atoms with Gasteiger partial charge in [-0.2, -0.15) is 11.8 Å². The smallest absolute Gasteiger partial charge is 0.350 e. The highest BCUT2D eigenvalue weighted by Crippen LogP contribution is 2.44. The van der Waals surface area contributed by atoms with Crippen molar-refractivity contribution in [3.63, 3.8) is 0 Å². The summed E-state index contributed by atoms with van der Waals surface area (Å²) in [5.74, 6) is 1.89. The lowest BCUT2D eigenvalue weighted by Gasteiger charge is -2.43. The van der Waals surface area contributed by atoms with Crippen LogP contribution in [0, 0.1) is 0 Å². The number of esters is 1. The van der Waals surface area contributed by atoms with Gasteiger partial charge in [0.25, 0.3) is 0 Å². The van der Waals surface area contributed by atoms with E-state index in [1.807, 2.05) is 42.3 Å². The van der Waals surface area contributed by atoms with E-state index in [2.05, 4.69) is 0 Å². The quantitative estimate of drug-likeness (QED) is 0.606. The van der Waals surface area contributed by atoms with Crippen LogP contribution < -0.4 is 4.90 Å². The van der Waals surface area contributed by atoms with Crippen LogP contribution in [0.4, 0.5) is 5.69 Å². The molecule has 2 aliphatic heterocycles. The van der Waals surface area contributed by atoms with E-state index < -0.39 is 16.3 Å². The molecule has 1 atom stereocenters. The van der Waals surface area contributed by atoms with Crippen LogP contribution in [0.2, 0.25) is 0 Å². The summed E-state index contributed by atoms with van der Waals surface area (Å²) in [7, 11) is 1.90. The second-order valence-electron chi connectivity index (χ2n) is 5.11. The Bertz CT molecular complexity index is 589. The van der Waals surface area contributed by atoms with E-state index in [4.69, 9.17) is 27.9 Å². The number of carbonyl (C=O) groups is 1. The van der Waals surface area contributed by atoms with Crippen molar-refractivity contribution < 1.29 is 9.53 Å². The number of thioether (sulfide) groups is 1. The number of alkyl halides is 2. The van der Waals surface area contributed by atoms with Crippen molar-refractivity contribution in [1.82, 2.24) is 0 Å². The van der Waals surface area contributed by atoms with E-state index in [-0.39, 0.29) is 0 Å². The molecule has 0 fully saturated rings. The zero-order valence-corrected chi connectivity index (χ0v) is 13.8. The number of nitrogens with zero attached hydrogens (tertiary/aromatic N) is 1. The Balaban J connectivity index is 2.05. The highest BCUT2D eigenvalue weighted by Gasteiger charge is 2.53. The third-order valence-electron chi connectivity index (χ3n) is 3.80. The number of hydrogen-bond donors (Lipinski definition) is 0. The maximum Gasteiger partial charge on any atom is 0.350 e. The Morgan fingerprint density at radius 3 is 2.76 bits per heavy atom. The maximum absolute atomic E-state index is 12.2. The number of anilines is 1. The van der Waals surface area contributed by atoms with Crippen molar-refractivity contribution >= 4 is 46.6 Å². The van der Waals surface area contributed by atoms with Crippen LogP contribution >= 0.6 is 35.0 Å². The summed E-state index contributed by atoms with van der Waals surface area (Å²) in [6.45, 7) is 0. The molecule has 0 amide bonds. The minimum atomic E-state index is -1.60. The van der Waals surface area contributed by atoms with Gasteiger partial charge in [-0.3, -0.25) is 0 Å². The molecule has 0 aromatic heterocycles. The second kappa shape index (κ2) is 5.75. The molecule has 6 heteroatoms. The normalized spacial score (nSPS) is 24.3. The number of likely N-dealkylation sites (N-methyl/N-ethyl adjacent to an activating group) is 1. The summed E-state index contributed by atoms with van der Waals surface area (Å²) in [5, 5.41) is 0. The molecule has 0 saturated heterocycles. The van der Waals surface area contributed by atoms with E-state index in [1.165, 1.54) is 0 Å². The Hall–Kier alpha value is -0.840. The fourth-order valence-corrected chi connectivity index (χ4v) is 4.38. The minimum Gasteiger partial charge on any atom is -0.429 e. The Morgan fingerprint density at radius 1 is 1.33 bits per heavy atom. The van der Waals surface area contributed by atoms with E-state index >= 15 is 0 Å². The largest absolute Gasteiger partial charge is 0.429 e. The summed E-state index contributed by atoms with van der Waals surface area (Å²) in [6.07, 6.45) is 0.745. The van der Waals surface area contributed by atoms with Crippen LogP contribution in [-0.2, 0) is 9.53 Å². The molecule has 0 bridgehead atoms. The molecule has 1 unspecified atom stereocenters. The Labute approximate surface area is 138 Å². The summed E-state index contributed by atoms with van der Waals surface area (Å²) >= 11 is 14.5. The SMILES string of the molecule is CN(c1ccccc1)C1C2=C(CCSC2)OC(=O)C1(Cl)Cl. The van der Waals surface area contributed by atoms with Crippen LogP contribution in [0.1, 0.15) is 6.42 Å². The Kier molecular flexibility index (Phi) is 4.12. The molecule has 2 heterocycles. The lowest BCUT2D eigenvalue weighted by molar-refractivity contribution is -0.142. The predicted octanol–water partition coefficient (Wildman–Crippen LogP) is 3.61. The van der Waals surface area contributed by atoms with Gasteiger partial charge >= 0.3 is 5.97 Å². The first-order valence-corrected chi connectivity index (χ1v) is 8.60. The third-order valence-corrected chi connectivity index (χ3v) is 5.53. The molecule has 3 rings (SSSR count). The van der Waals surface area contributed by atoms with Gasteiger partial charge in [0.1, 0.15) is 5.76 Å². The van der Waals surface area contributed by atoms with Gasteiger partial charge in [-0.15, -0.1) is 0 Å². The molecule has 1 aromatic rings. The van der Waals surface area contributed by atoms with Gasteiger partial charge in [0.05, 0.1) is 6.04 Å². The van der Waals surface area contributed by atoms with Gasteiger partial charge in [0.2, 0.25) is 4.33 Å². The van der Waals surface area contributed by atoms with Crippen LogP contribution in [0.5, 0.6) is 0 Å². The summed E-state index contributed by atoms with van der Waals surface area (Å²) < 4.78 is 3.76. The van der Waals surface area contributed by atoms with Gasteiger partial charge in [0.15, 0.2) is 0 Å². The van der Waals surface area contributed by atoms with Gasteiger partial charge < -0.3 is 9.64 Å². The van der Waals surface area contributed by atoms with Gasteiger partial charge in [-0.1, -0.05) is 41.4 Å². The molecule has 0 spiro atoms. The number of ether oxygens (including phenoxy) is 1. The number of hydrogen-bond acceptors (Lipinski definition) is 4. The molecule has 21 heavy (non-hydrogen) atoms. The fraction of sp³-hybridized carbons (Fsp3) is 0.400. The molecule has 0 N–H and O–H groups in total. The summed E-state index contributed by atoms with van der Waals surface area (Å²) in [5.41, 5.74) is 1.98. The first-order valence-electron chi connectivity index (χ1n) is 6.69. The predicted molar refractivity (Wildman–Crippen MR) is 88.1 cm³/mol. The molecule has 3 nitrogen and oxygen atoms in total. The van der Waals surface area contributed by atoms with Gasteiger partial charge in [-0.05, 0) is 12.1 Å². The van der Waals surface area contributed by atoms with Crippen LogP contribution in [-0.4, -0.2) is 34.9 Å². The molecule has 0 radical (unpaired) electrons. The number of rotatable bonds is 2. The van der Waals surface area contributed by atoms with E-state index in [0.717, 1.165) is 34.9 Å².